The molecule has 0 fully saturated rings. The third kappa shape index (κ3) is 4.08. The van der Waals surface area contributed by atoms with Crippen LogP contribution in [0.3, 0.4) is 0 Å². The Morgan fingerprint density at radius 2 is 1.33 bits per heavy atom. The fraction of sp³-hybridized carbons (Fsp3) is 0.278. The van der Waals surface area contributed by atoms with Crippen LogP contribution in [0.25, 0.3) is 0 Å². The topological polar surface area (TPSA) is 17.1 Å². The van der Waals surface area contributed by atoms with Crippen molar-refractivity contribution < 1.29 is 4.79 Å². The van der Waals surface area contributed by atoms with Crippen molar-refractivity contribution in [3.8, 4) is 0 Å². The van der Waals surface area contributed by atoms with Crippen molar-refractivity contribution in [1.29, 1.82) is 0 Å². The van der Waals surface area contributed by atoms with Gasteiger partial charge < -0.3 is 0 Å². The Bertz CT molecular complexity index is 634. The molecule has 0 spiro atoms. The van der Waals surface area contributed by atoms with Gasteiger partial charge in [0.25, 0.3) is 0 Å². The minimum atomic E-state index is 0. The molecule has 0 aliphatic heterocycles. The van der Waals surface area contributed by atoms with Crippen molar-refractivity contribution in [2.75, 3.05) is 0 Å². The van der Waals surface area contributed by atoms with Crippen molar-refractivity contribution >= 4 is 38.3 Å². The van der Waals surface area contributed by atoms with E-state index in [-0.39, 0.29) is 33.0 Å². The quantitative estimate of drug-likeness (QED) is 0.617. The molecular weight excluding hydrogens is 270 g/mol. The Kier molecular flexibility index (Phi) is 6.42. The van der Waals surface area contributed by atoms with Gasteiger partial charge >= 0.3 is 0 Å². The van der Waals surface area contributed by atoms with Gasteiger partial charge in [0.1, 0.15) is 0 Å². The molecule has 0 aromatic heterocycles. The molecule has 105 valence electrons. The van der Waals surface area contributed by atoms with E-state index in [0.29, 0.717) is 0 Å². The molecule has 1 unspecified atom stereocenters. The Hall–Kier alpha value is -0.863. The predicted octanol–water partition coefficient (Wildman–Crippen LogP) is 3.99. The molecule has 3 heteroatoms. The van der Waals surface area contributed by atoms with E-state index in [1.165, 1.54) is 22.0 Å². The summed E-state index contributed by atoms with van der Waals surface area (Å²) in [6.07, 6.45) is 0. The Morgan fingerprint density at radius 1 is 0.857 bits per heavy atom. The van der Waals surface area contributed by atoms with E-state index < -0.39 is 0 Å². The maximum Gasteiger partial charge on any atom is 0.186 e. The smallest absolute Gasteiger partial charge is 0.186 e. The van der Waals surface area contributed by atoms with Crippen LogP contribution in [0.2, 0.25) is 0 Å². The number of rotatable bonds is 3. The average Bonchev–Trinajstić information content (AvgIpc) is 2.32. The summed E-state index contributed by atoms with van der Waals surface area (Å²) in [4.78, 5) is 12.7. The molecule has 1 nitrogen and oxygen atoms in total. The standard InChI is InChI=1S/C18H21OP.Li/c1-11-9-14(4)16(15(5)10-11)18(19)20-17-12(2)7-6-8-13(17)3;/h6-10,20H,1-5H3;. The van der Waals surface area contributed by atoms with E-state index in [0.717, 1.165) is 16.7 Å². The molecule has 1 atom stereocenters. The van der Waals surface area contributed by atoms with E-state index in [4.69, 9.17) is 0 Å². The zero-order valence-electron chi connectivity index (χ0n) is 13.8. The van der Waals surface area contributed by atoms with Crippen molar-refractivity contribution in [3.05, 3.63) is 63.7 Å². The second-order valence-corrected chi connectivity index (χ2v) is 6.70. The third-order valence-corrected chi connectivity index (χ3v) is 5.14. The molecule has 0 amide bonds. The van der Waals surface area contributed by atoms with E-state index in [2.05, 4.69) is 45.0 Å². The van der Waals surface area contributed by atoms with Crippen molar-refractivity contribution in [1.82, 2.24) is 0 Å². The minimum absolute atomic E-state index is 0. The molecule has 1 radical (unpaired) electrons. The first-order valence-electron chi connectivity index (χ1n) is 6.85. The number of carbonyl (C=O) groups excluding carboxylic acids is 1. The van der Waals surface area contributed by atoms with Crippen molar-refractivity contribution in [3.63, 3.8) is 0 Å². The van der Waals surface area contributed by atoms with Gasteiger partial charge in [-0.15, -0.1) is 0 Å². The summed E-state index contributed by atoms with van der Waals surface area (Å²) in [7, 11) is 0.204. The summed E-state index contributed by atoms with van der Waals surface area (Å²) in [5.74, 6) is 0. The maximum absolute atomic E-state index is 12.7. The van der Waals surface area contributed by atoms with Crippen LogP contribution in [0.1, 0.15) is 38.2 Å². The first kappa shape index (κ1) is 18.2. The largest absolute Gasteiger partial charge is 0.289 e. The fourth-order valence-corrected chi connectivity index (χ4v) is 4.03. The molecular formula is C18H21LiOP. The van der Waals surface area contributed by atoms with Crippen LogP contribution in [0.4, 0.5) is 0 Å². The number of benzene rings is 2. The van der Waals surface area contributed by atoms with Crippen LogP contribution in [-0.4, -0.2) is 24.4 Å². The third-order valence-electron chi connectivity index (χ3n) is 3.62. The zero-order valence-corrected chi connectivity index (χ0v) is 14.8. The van der Waals surface area contributed by atoms with Gasteiger partial charge in [0.2, 0.25) is 0 Å². The fourth-order valence-electron chi connectivity index (χ4n) is 2.73. The SMILES string of the molecule is Cc1cc(C)c(C(=O)Pc2c(C)cccc2C)c(C)c1.[Li]. The number of hydrogen-bond acceptors (Lipinski definition) is 1. The first-order valence-corrected chi connectivity index (χ1v) is 7.85. The molecule has 2 rings (SSSR count). The zero-order chi connectivity index (χ0) is 14.9. The molecule has 0 saturated heterocycles. The van der Waals surface area contributed by atoms with Gasteiger partial charge in [-0.3, -0.25) is 4.79 Å². The molecule has 2 aromatic rings. The number of aryl methyl sites for hydroxylation is 5. The normalized spacial score (nSPS) is 10.7. The number of hydrogen-bond donors (Lipinski definition) is 0. The Labute approximate surface area is 141 Å². The number of carbonyl (C=O) groups is 1. The maximum atomic E-state index is 12.7. The van der Waals surface area contributed by atoms with E-state index in [1.54, 1.807) is 0 Å². The second kappa shape index (κ2) is 7.42. The van der Waals surface area contributed by atoms with Crippen molar-refractivity contribution in [2.45, 2.75) is 34.6 Å². The first-order chi connectivity index (χ1) is 9.40. The molecule has 0 N–H and O–H groups in total. The monoisotopic (exact) mass is 291 g/mol. The van der Waals surface area contributed by atoms with Gasteiger partial charge in [-0.05, 0) is 70.8 Å². The van der Waals surface area contributed by atoms with Gasteiger partial charge in [-0.2, -0.15) is 0 Å². The predicted molar refractivity (Wildman–Crippen MR) is 94.6 cm³/mol. The average molecular weight is 291 g/mol. The van der Waals surface area contributed by atoms with Crippen LogP contribution in [0, 0.1) is 34.6 Å². The van der Waals surface area contributed by atoms with Gasteiger partial charge in [0.05, 0.1) is 0 Å². The van der Waals surface area contributed by atoms with Gasteiger partial charge in [0.15, 0.2) is 5.52 Å². The summed E-state index contributed by atoms with van der Waals surface area (Å²) in [5, 5.41) is 1.19. The molecule has 0 aliphatic carbocycles. The molecule has 0 saturated carbocycles. The van der Waals surface area contributed by atoms with Crippen LogP contribution in [-0.2, 0) is 0 Å². The van der Waals surface area contributed by atoms with Gasteiger partial charge in [-0.1, -0.05) is 35.9 Å². The Balaban J connectivity index is 0.00000220. The van der Waals surface area contributed by atoms with E-state index >= 15 is 0 Å². The van der Waals surface area contributed by atoms with Crippen LogP contribution < -0.4 is 5.30 Å². The van der Waals surface area contributed by atoms with Gasteiger partial charge in [0, 0.05) is 24.4 Å². The minimum Gasteiger partial charge on any atom is -0.289 e. The molecule has 0 aliphatic rings. The molecule has 2 aromatic carbocycles. The summed E-state index contributed by atoms with van der Waals surface area (Å²) < 4.78 is 0. The Morgan fingerprint density at radius 3 is 1.81 bits per heavy atom. The summed E-state index contributed by atoms with van der Waals surface area (Å²) in [5.41, 5.74) is 6.96. The second-order valence-electron chi connectivity index (χ2n) is 5.49. The van der Waals surface area contributed by atoms with Crippen LogP contribution in [0.5, 0.6) is 0 Å². The van der Waals surface area contributed by atoms with Crippen LogP contribution in [0.15, 0.2) is 30.3 Å². The molecule has 21 heavy (non-hydrogen) atoms. The van der Waals surface area contributed by atoms with E-state index in [1.807, 2.05) is 19.9 Å². The van der Waals surface area contributed by atoms with Crippen LogP contribution >= 0.6 is 8.58 Å². The van der Waals surface area contributed by atoms with Crippen molar-refractivity contribution in [2.24, 2.45) is 0 Å². The van der Waals surface area contributed by atoms with Gasteiger partial charge in [-0.25, -0.2) is 0 Å². The molecule has 0 bridgehead atoms. The summed E-state index contributed by atoms with van der Waals surface area (Å²) in [6.45, 7) is 10.3. The van der Waals surface area contributed by atoms with E-state index in [9.17, 15) is 4.79 Å². The summed E-state index contributed by atoms with van der Waals surface area (Å²) in [6, 6.07) is 10.4. The summed E-state index contributed by atoms with van der Waals surface area (Å²) >= 11 is 0. The molecule has 0 heterocycles.